The number of anilines is 2. The lowest BCUT2D eigenvalue weighted by molar-refractivity contribution is -0.117. The molecule has 0 unspecified atom stereocenters. The maximum Gasteiger partial charge on any atom is 0.255 e. The van der Waals surface area contributed by atoms with E-state index in [0.29, 0.717) is 23.4 Å². The summed E-state index contributed by atoms with van der Waals surface area (Å²) in [7, 11) is 3.98. The van der Waals surface area contributed by atoms with Gasteiger partial charge in [-0.25, -0.2) is 4.98 Å². The molecule has 0 radical (unpaired) electrons. The zero-order valence-electron chi connectivity index (χ0n) is 19.3. The Balaban J connectivity index is 1.77. The van der Waals surface area contributed by atoms with E-state index in [1.807, 2.05) is 63.2 Å². The standard InChI is InChI=1S/C26H30N4O2/c1-15-6-11-22(27-14-15)29-26(32)23-17(3)28-20-12-16(2)13-21(31)25(20)24(23)18-7-9-19(10-8-18)30(4)5/h6-11,14,16,24,28H,12-13H2,1-5H3,(H,27,29,32)/t16-,24+/m1/s1. The minimum absolute atomic E-state index is 0.110. The van der Waals surface area contributed by atoms with Crippen molar-refractivity contribution >= 4 is 23.2 Å². The maximum atomic E-state index is 13.5. The molecule has 0 saturated carbocycles. The average molecular weight is 431 g/mol. The summed E-state index contributed by atoms with van der Waals surface area (Å²) < 4.78 is 0. The number of Topliss-reactive ketones (excluding diaryl/α,β-unsaturated/α-hetero) is 1. The van der Waals surface area contributed by atoms with Crippen LogP contribution in [0.5, 0.6) is 0 Å². The van der Waals surface area contributed by atoms with Crippen LogP contribution in [-0.4, -0.2) is 30.8 Å². The lowest BCUT2D eigenvalue weighted by atomic mass is 9.73. The quantitative estimate of drug-likeness (QED) is 0.756. The lowest BCUT2D eigenvalue weighted by Crippen LogP contribution is -2.37. The van der Waals surface area contributed by atoms with Gasteiger partial charge in [0.15, 0.2) is 5.78 Å². The molecule has 32 heavy (non-hydrogen) atoms. The van der Waals surface area contributed by atoms with Crippen molar-refractivity contribution in [3.8, 4) is 0 Å². The van der Waals surface area contributed by atoms with Crippen LogP contribution in [0.4, 0.5) is 11.5 Å². The fourth-order valence-electron chi connectivity index (χ4n) is 4.56. The van der Waals surface area contributed by atoms with Gasteiger partial charge in [0, 0.05) is 60.9 Å². The van der Waals surface area contributed by atoms with Gasteiger partial charge in [0.1, 0.15) is 5.82 Å². The van der Waals surface area contributed by atoms with E-state index in [4.69, 9.17) is 0 Å². The Morgan fingerprint density at radius 1 is 1.09 bits per heavy atom. The Labute approximate surface area is 189 Å². The summed E-state index contributed by atoms with van der Waals surface area (Å²) in [6, 6.07) is 11.8. The number of ketones is 1. The van der Waals surface area contributed by atoms with Crippen LogP contribution in [0.2, 0.25) is 0 Å². The highest BCUT2D eigenvalue weighted by molar-refractivity contribution is 6.09. The van der Waals surface area contributed by atoms with Gasteiger partial charge in [-0.05, 0) is 55.5 Å². The third-order valence-corrected chi connectivity index (χ3v) is 6.17. The summed E-state index contributed by atoms with van der Waals surface area (Å²) in [6.07, 6.45) is 3.03. The normalized spacial score (nSPS) is 20.6. The molecule has 4 rings (SSSR count). The number of hydrogen-bond donors (Lipinski definition) is 2. The molecule has 6 nitrogen and oxygen atoms in total. The zero-order valence-corrected chi connectivity index (χ0v) is 19.3. The molecule has 166 valence electrons. The van der Waals surface area contributed by atoms with Crippen LogP contribution in [-0.2, 0) is 9.59 Å². The summed E-state index contributed by atoms with van der Waals surface area (Å²) in [4.78, 5) is 33.0. The number of dihydropyridines is 1. The van der Waals surface area contributed by atoms with E-state index in [1.54, 1.807) is 12.3 Å². The van der Waals surface area contributed by atoms with Crippen molar-refractivity contribution in [2.24, 2.45) is 5.92 Å². The van der Waals surface area contributed by atoms with Crippen LogP contribution in [0, 0.1) is 12.8 Å². The first-order chi connectivity index (χ1) is 15.2. The predicted octanol–water partition coefficient (Wildman–Crippen LogP) is 4.31. The Hall–Kier alpha value is -3.41. The van der Waals surface area contributed by atoms with E-state index in [0.717, 1.165) is 34.6 Å². The third kappa shape index (κ3) is 4.17. The van der Waals surface area contributed by atoms with Crippen LogP contribution in [0.1, 0.15) is 43.7 Å². The Kier molecular flexibility index (Phi) is 5.87. The van der Waals surface area contributed by atoms with Gasteiger partial charge < -0.3 is 15.5 Å². The number of aryl methyl sites for hydroxylation is 1. The molecule has 1 aromatic heterocycles. The largest absolute Gasteiger partial charge is 0.378 e. The SMILES string of the molecule is CC1=C(C(=O)Nc2ccc(C)cn2)[C@H](c2ccc(N(C)C)cc2)C2=C(C[C@@H](C)CC2=O)N1. The number of allylic oxidation sites excluding steroid dienone is 3. The number of aromatic nitrogens is 1. The van der Waals surface area contributed by atoms with Gasteiger partial charge >= 0.3 is 0 Å². The monoisotopic (exact) mass is 430 g/mol. The smallest absolute Gasteiger partial charge is 0.255 e. The summed E-state index contributed by atoms with van der Waals surface area (Å²) >= 11 is 0. The molecule has 2 N–H and O–H groups in total. The van der Waals surface area contributed by atoms with Crippen LogP contribution in [0.3, 0.4) is 0 Å². The van der Waals surface area contributed by atoms with Crippen molar-refractivity contribution < 1.29 is 9.59 Å². The van der Waals surface area contributed by atoms with Crippen LogP contribution in [0.25, 0.3) is 0 Å². The fourth-order valence-corrected chi connectivity index (χ4v) is 4.56. The molecule has 1 amide bonds. The second-order valence-electron chi connectivity index (χ2n) is 9.09. The maximum absolute atomic E-state index is 13.5. The Morgan fingerprint density at radius 2 is 1.81 bits per heavy atom. The number of carbonyl (C=O) groups is 2. The summed E-state index contributed by atoms with van der Waals surface area (Å²) in [6.45, 7) is 5.95. The molecule has 1 aliphatic heterocycles. The zero-order chi connectivity index (χ0) is 23.0. The number of nitrogens with one attached hydrogen (secondary N) is 2. The van der Waals surface area contributed by atoms with Gasteiger partial charge in [0.2, 0.25) is 0 Å². The number of benzene rings is 1. The number of amides is 1. The highest BCUT2D eigenvalue weighted by atomic mass is 16.2. The van der Waals surface area contributed by atoms with Crippen molar-refractivity contribution in [3.63, 3.8) is 0 Å². The van der Waals surface area contributed by atoms with Gasteiger partial charge in [-0.3, -0.25) is 9.59 Å². The number of carbonyl (C=O) groups excluding carboxylic acids is 2. The topological polar surface area (TPSA) is 74.3 Å². The van der Waals surface area contributed by atoms with Gasteiger partial charge in [0.05, 0.1) is 0 Å². The summed E-state index contributed by atoms with van der Waals surface area (Å²) in [5.74, 6) is 0.231. The number of rotatable bonds is 4. The molecular weight excluding hydrogens is 400 g/mol. The van der Waals surface area contributed by atoms with E-state index < -0.39 is 5.92 Å². The summed E-state index contributed by atoms with van der Waals surface area (Å²) in [5, 5.41) is 6.31. The first-order valence-corrected chi connectivity index (χ1v) is 11.0. The highest BCUT2D eigenvalue weighted by Gasteiger charge is 2.39. The van der Waals surface area contributed by atoms with E-state index in [9.17, 15) is 9.59 Å². The lowest BCUT2D eigenvalue weighted by Gasteiger charge is -2.36. The molecule has 1 aromatic carbocycles. The Morgan fingerprint density at radius 3 is 2.44 bits per heavy atom. The molecule has 2 aromatic rings. The van der Waals surface area contributed by atoms with Crippen molar-refractivity contribution in [1.82, 2.24) is 10.3 Å². The van der Waals surface area contributed by atoms with Gasteiger partial charge in [-0.1, -0.05) is 25.1 Å². The molecule has 2 aliphatic rings. The average Bonchev–Trinajstić information content (AvgIpc) is 2.74. The Bertz CT molecular complexity index is 1110. The predicted molar refractivity (Wildman–Crippen MR) is 127 cm³/mol. The molecule has 2 atom stereocenters. The van der Waals surface area contributed by atoms with E-state index in [1.165, 1.54) is 0 Å². The minimum Gasteiger partial charge on any atom is -0.378 e. The second-order valence-corrected chi connectivity index (χ2v) is 9.09. The van der Waals surface area contributed by atoms with Crippen LogP contribution >= 0.6 is 0 Å². The molecule has 0 bridgehead atoms. The van der Waals surface area contributed by atoms with Crippen molar-refractivity contribution in [3.05, 3.63) is 76.3 Å². The third-order valence-electron chi connectivity index (χ3n) is 6.17. The van der Waals surface area contributed by atoms with E-state index >= 15 is 0 Å². The van der Waals surface area contributed by atoms with E-state index in [-0.39, 0.29) is 17.6 Å². The minimum atomic E-state index is -0.409. The molecule has 0 fully saturated rings. The van der Waals surface area contributed by atoms with Crippen molar-refractivity contribution in [1.29, 1.82) is 0 Å². The molecule has 0 spiro atoms. The fraction of sp³-hybridized carbons (Fsp3) is 0.346. The first-order valence-electron chi connectivity index (χ1n) is 11.0. The van der Waals surface area contributed by atoms with Crippen LogP contribution < -0.4 is 15.5 Å². The van der Waals surface area contributed by atoms with Gasteiger partial charge in [-0.15, -0.1) is 0 Å². The molecule has 2 heterocycles. The molecule has 0 saturated heterocycles. The van der Waals surface area contributed by atoms with Crippen molar-refractivity contribution in [2.45, 2.75) is 39.5 Å². The second kappa shape index (κ2) is 8.61. The molecular formula is C26H30N4O2. The van der Waals surface area contributed by atoms with Gasteiger partial charge in [0.25, 0.3) is 5.91 Å². The van der Waals surface area contributed by atoms with Crippen molar-refractivity contribution in [2.75, 3.05) is 24.3 Å². The van der Waals surface area contributed by atoms with Crippen LogP contribution in [0.15, 0.2) is 65.1 Å². The van der Waals surface area contributed by atoms with E-state index in [2.05, 4.69) is 22.5 Å². The number of nitrogens with zero attached hydrogens (tertiary/aromatic N) is 2. The highest BCUT2D eigenvalue weighted by Crippen LogP contribution is 2.43. The van der Waals surface area contributed by atoms with Gasteiger partial charge in [-0.2, -0.15) is 0 Å². The number of hydrogen-bond acceptors (Lipinski definition) is 5. The number of pyridine rings is 1. The molecule has 1 aliphatic carbocycles. The molecule has 6 heteroatoms. The first kappa shape index (κ1) is 21.8. The summed E-state index contributed by atoms with van der Waals surface area (Å²) in [5.41, 5.74) is 6.02.